The molecule has 0 bridgehead atoms. The minimum absolute atomic E-state index is 0.0968. The van der Waals surface area contributed by atoms with Crippen LogP contribution in [0.1, 0.15) is 37.9 Å². The zero-order chi connectivity index (χ0) is 17.2. The van der Waals surface area contributed by atoms with Crippen molar-refractivity contribution in [1.29, 1.82) is 0 Å². The summed E-state index contributed by atoms with van der Waals surface area (Å²) in [4.78, 5) is 16.1. The summed E-state index contributed by atoms with van der Waals surface area (Å²) in [5, 5.41) is 10.2. The first-order valence-corrected chi connectivity index (χ1v) is 8.38. The molecule has 1 aliphatic carbocycles. The number of halogens is 3. The molecule has 1 aliphatic heterocycles. The first-order chi connectivity index (χ1) is 11.4. The molecule has 1 atom stereocenters. The van der Waals surface area contributed by atoms with Crippen LogP contribution in [-0.2, 0) is 17.8 Å². The SMILES string of the molecule is O=C(CN[C@H]1CCc2ncnn2C1)NC1CCC(C(F)(F)F)CC1. The second kappa shape index (κ2) is 7.08. The number of nitrogens with zero attached hydrogens (tertiary/aromatic N) is 3. The van der Waals surface area contributed by atoms with Gasteiger partial charge < -0.3 is 10.6 Å². The van der Waals surface area contributed by atoms with Gasteiger partial charge in [-0.05, 0) is 32.1 Å². The van der Waals surface area contributed by atoms with E-state index < -0.39 is 12.1 Å². The molecule has 2 aliphatic rings. The fourth-order valence-corrected chi connectivity index (χ4v) is 3.49. The smallest absolute Gasteiger partial charge is 0.352 e. The van der Waals surface area contributed by atoms with Crippen LogP contribution < -0.4 is 10.6 Å². The zero-order valence-corrected chi connectivity index (χ0v) is 13.4. The van der Waals surface area contributed by atoms with Crippen LogP contribution in [0.3, 0.4) is 0 Å². The number of nitrogens with one attached hydrogen (secondary N) is 2. The van der Waals surface area contributed by atoms with Crippen LogP contribution in [0.25, 0.3) is 0 Å². The van der Waals surface area contributed by atoms with Crippen LogP contribution in [0.15, 0.2) is 6.33 Å². The summed E-state index contributed by atoms with van der Waals surface area (Å²) in [7, 11) is 0. The maximum absolute atomic E-state index is 12.6. The Hall–Kier alpha value is -1.64. The summed E-state index contributed by atoms with van der Waals surface area (Å²) in [6.45, 7) is 0.854. The van der Waals surface area contributed by atoms with E-state index in [0.717, 1.165) is 18.7 Å². The van der Waals surface area contributed by atoms with Gasteiger partial charge in [0.05, 0.1) is 19.0 Å². The molecule has 0 aromatic carbocycles. The van der Waals surface area contributed by atoms with Crippen molar-refractivity contribution >= 4 is 5.91 Å². The number of carbonyl (C=O) groups excluding carboxylic acids is 1. The van der Waals surface area contributed by atoms with E-state index in [9.17, 15) is 18.0 Å². The van der Waals surface area contributed by atoms with Gasteiger partial charge in [-0.1, -0.05) is 0 Å². The van der Waals surface area contributed by atoms with Gasteiger partial charge in [0.15, 0.2) is 0 Å². The first-order valence-electron chi connectivity index (χ1n) is 8.38. The molecular weight excluding hydrogens is 323 g/mol. The number of hydrogen-bond acceptors (Lipinski definition) is 4. The highest BCUT2D eigenvalue weighted by Crippen LogP contribution is 2.37. The molecule has 1 aromatic heterocycles. The fraction of sp³-hybridized carbons (Fsp3) is 0.800. The van der Waals surface area contributed by atoms with Crippen molar-refractivity contribution in [1.82, 2.24) is 25.4 Å². The number of hydrogen-bond donors (Lipinski definition) is 2. The lowest BCUT2D eigenvalue weighted by atomic mass is 9.85. The second-order valence-corrected chi connectivity index (χ2v) is 6.63. The molecule has 0 radical (unpaired) electrons. The average molecular weight is 345 g/mol. The minimum Gasteiger partial charge on any atom is -0.352 e. The Labute approximate surface area is 138 Å². The van der Waals surface area contributed by atoms with Crippen LogP contribution in [0.5, 0.6) is 0 Å². The van der Waals surface area contributed by atoms with E-state index in [-0.39, 0.29) is 37.4 Å². The summed E-state index contributed by atoms with van der Waals surface area (Å²) < 4.78 is 39.7. The molecule has 2 N–H and O–H groups in total. The van der Waals surface area contributed by atoms with E-state index in [1.165, 1.54) is 6.33 Å². The van der Waals surface area contributed by atoms with Crippen LogP contribution in [0, 0.1) is 5.92 Å². The Morgan fingerprint density at radius 3 is 2.67 bits per heavy atom. The quantitative estimate of drug-likeness (QED) is 0.866. The van der Waals surface area contributed by atoms with E-state index in [1.54, 1.807) is 0 Å². The molecule has 0 saturated heterocycles. The van der Waals surface area contributed by atoms with Gasteiger partial charge in [-0.3, -0.25) is 4.79 Å². The van der Waals surface area contributed by atoms with Gasteiger partial charge >= 0.3 is 6.18 Å². The summed E-state index contributed by atoms with van der Waals surface area (Å²) in [5.74, 6) is -0.420. The van der Waals surface area contributed by atoms with Crippen LogP contribution in [0.4, 0.5) is 13.2 Å². The highest BCUT2D eigenvalue weighted by molar-refractivity contribution is 5.78. The summed E-state index contributed by atoms with van der Waals surface area (Å²) >= 11 is 0. The van der Waals surface area contributed by atoms with E-state index >= 15 is 0 Å². The molecule has 1 fully saturated rings. The van der Waals surface area contributed by atoms with Gasteiger partial charge in [-0.15, -0.1) is 0 Å². The molecule has 3 rings (SSSR count). The Bertz CT molecular complexity index is 566. The van der Waals surface area contributed by atoms with Crippen molar-refractivity contribution in [2.24, 2.45) is 5.92 Å². The van der Waals surface area contributed by atoms with Crippen molar-refractivity contribution in [3.05, 3.63) is 12.2 Å². The summed E-state index contributed by atoms with van der Waals surface area (Å²) in [6.07, 6.45) is 0.102. The van der Waals surface area contributed by atoms with E-state index in [4.69, 9.17) is 0 Å². The van der Waals surface area contributed by atoms with Crippen molar-refractivity contribution in [3.63, 3.8) is 0 Å². The minimum atomic E-state index is -4.11. The highest BCUT2D eigenvalue weighted by atomic mass is 19.4. The number of alkyl halides is 3. The highest BCUT2D eigenvalue weighted by Gasteiger charge is 2.41. The Balaban J connectivity index is 1.37. The summed E-state index contributed by atoms with van der Waals surface area (Å²) in [5.41, 5.74) is 0. The molecule has 1 amide bonds. The molecule has 134 valence electrons. The molecule has 6 nitrogen and oxygen atoms in total. The fourth-order valence-electron chi connectivity index (χ4n) is 3.49. The number of carbonyl (C=O) groups is 1. The van der Waals surface area contributed by atoms with E-state index in [2.05, 4.69) is 20.7 Å². The zero-order valence-electron chi connectivity index (χ0n) is 13.4. The Kier molecular flexibility index (Phi) is 5.07. The molecule has 9 heteroatoms. The van der Waals surface area contributed by atoms with E-state index in [1.807, 2.05) is 4.68 Å². The Morgan fingerprint density at radius 1 is 1.21 bits per heavy atom. The largest absolute Gasteiger partial charge is 0.391 e. The lowest BCUT2D eigenvalue weighted by Crippen LogP contribution is -2.47. The molecular formula is C15H22F3N5O. The third-order valence-electron chi connectivity index (χ3n) is 4.91. The first kappa shape index (κ1) is 17.2. The standard InChI is InChI=1S/C15H22F3N5O/c16-15(17,18)10-1-3-11(4-2-10)22-14(24)7-19-12-5-6-13-20-9-21-23(13)8-12/h9-12,19H,1-8H2,(H,22,24)/t10?,11?,12-/m0/s1. The third-order valence-corrected chi connectivity index (χ3v) is 4.91. The predicted octanol–water partition coefficient (Wildman–Crippen LogP) is 1.42. The normalized spacial score (nSPS) is 27.5. The van der Waals surface area contributed by atoms with Crippen molar-refractivity contribution < 1.29 is 18.0 Å². The number of rotatable bonds is 4. The topological polar surface area (TPSA) is 71.8 Å². The number of aromatic nitrogens is 3. The second-order valence-electron chi connectivity index (χ2n) is 6.63. The Morgan fingerprint density at radius 2 is 1.96 bits per heavy atom. The maximum atomic E-state index is 12.6. The van der Waals surface area contributed by atoms with Gasteiger partial charge in [0.1, 0.15) is 12.2 Å². The monoisotopic (exact) mass is 345 g/mol. The van der Waals surface area contributed by atoms with Gasteiger partial charge in [0.25, 0.3) is 0 Å². The molecule has 0 spiro atoms. The lowest BCUT2D eigenvalue weighted by Gasteiger charge is -2.30. The third kappa shape index (κ3) is 4.25. The maximum Gasteiger partial charge on any atom is 0.391 e. The van der Waals surface area contributed by atoms with Gasteiger partial charge in [0.2, 0.25) is 5.91 Å². The number of amides is 1. The number of fused-ring (bicyclic) bond motifs is 1. The average Bonchev–Trinajstić information content (AvgIpc) is 3.00. The summed E-state index contributed by atoms with van der Waals surface area (Å²) in [6, 6.07) is 0.0112. The number of aryl methyl sites for hydroxylation is 1. The van der Waals surface area contributed by atoms with E-state index in [0.29, 0.717) is 19.4 Å². The van der Waals surface area contributed by atoms with Crippen LogP contribution >= 0.6 is 0 Å². The molecule has 24 heavy (non-hydrogen) atoms. The van der Waals surface area contributed by atoms with Crippen LogP contribution in [-0.4, -0.2) is 45.5 Å². The molecule has 0 unspecified atom stereocenters. The van der Waals surface area contributed by atoms with Gasteiger partial charge in [0, 0.05) is 18.5 Å². The molecule has 1 saturated carbocycles. The van der Waals surface area contributed by atoms with Crippen LogP contribution in [0.2, 0.25) is 0 Å². The van der Waals surface area contributed by atoms with Crippen molar-refractivity contribution in [3.8, 4) is 0 Å². The molecule has 1 aromatic rings. The lowest BCUT2D eigenvalue weighted by molar-refractivity contribution is -0.182. The van der Waals surface area contributed by atoms with Gasteiger partial charge in [-0.2, -0.15) is 18.3 Å². The van der Waals surface area contributed by atoms with Crippen molar-refractivity contribution in [2.45, 2.75) is 63.3 Å². The van der Waals surface area contributed by atoms with Crippen molar-refractivity contribution in [2.75, 3.05) is 6.54 Å². The predicted molar refractivity (Wildman–Crippen MR) is 80.1 cm³/mol. The molecule has 2 heterocycles. The van der Waals surface area contributed by atoms with Gasteiger partial charge in [-0.25, -0.2) is 9.67 Å².